The smallest absolute Gasteiger partial charge is 0.142 e. The van der Waals surface area contributed by atoms with Crippen LogP contribution in [-0.2, 0) is 13.0 Å². The lowest BCUT2D eigenvalue weighted by Gasteiger charge is -2.09. The minimum atomic E-state index is 0.736. The Kier molecular flexibility index (Phi) is 4.26. The lowest BCUT2D eigenvalue weighted by molar-refractivity contribution is 1.05. The number of thiazole rings is 1. The van der Waals surface area contributed by atoms with Crippen LogP contribution in [0.2, 0.25) is 0 Å². The van der Waals surface area contributed by atoms with Gasteiger partial charge in [-0.1, -0.05) is 31.2 Å². The molecule has 1 N–H and O–H groups in total. The second-order valence-corrected chi connectivity index (χ2v) is 5.58. The van der Waals surface area contributed by atoms with E-state index in [1.165, 1.54) is 11.3 Å². The standard InChI is InChI=1S/C17H17N3S/c1-2-13-7-3-4-8-15(13)19-11-14-12-21-17(20-14)16-9-5-6-10-18-16/h3-10,12,19H,2,11H2,1H3. The van der Waals surface area contributed by atoms with Crippen molar-refractivity contribution >= 4 is 17.0 Å². The van der Waals surface area contributed by atoms with E-state index in [1.807, 2.05) is 18.2 Å². The van der Waals surface area contributed by atoms with E-state index in [4.69, 9.17) is 0 Å². The molecule has 106 valence electrons. The Hall–Kier alpha value is -2.20. The quantitative estimate of drug-likeness (QED) is 0.759. The molecular weight excluding hydrogens is 278 g/mol. The van der Waals surface area contributed by atoms with Gasteiger partial charge in [-0.25, -0.2) is 4.98 Å². The third-order valence-corrected chi connectivity index (χ3v) is 4.21. The summed E-state index contributed by atoms with van der Waals surface area (Å²) >= 11 is 1.63. The highest BCUT2D eigenvalue weighted by atomic mass is 32.1. The maximum atomic E-state index is 4.64. The Bertz CT molecular complexity index is 707. The molecule has 4 heteroatoms. The van der Waals surface area contributed by atoms with E-state index in [0.717, 1.165) is 29.4 Å². The van der Waals surface area contributed by atoms with Gasteiger partial charge < -0.3 is 5.32 Å². The van der Waals surface area contributed by atoms with Gasteiger partial charge in [0.25, 0.3) is 0 Å². The number of nitrogens with zero attached hydrogens (tertiary/aromatic N) is 2. The summed E-state index contributed by atoms with van der Waals surface area (Å²) in [5.74, 6) is 0. The van der Waals surface area contributed by atoms with Crippen LogP contribution < -0.4 is 5.32 Å². The van der Waals surface area contributed by atoms with Crippen LogP contribution in [0, 0.1) is 0 Å². The van der Waals surface area contributed by atoms with Gasteiger partial charge in [0.2, 0.25) is 0 Å². The van der Waals surface area contributed by atoms with Gasteiger partial charge in [-0.15, -0.1) is 11.3 Å². The number of hydrogen-bond acceptors (Lipinski definition) is 4. The number of aromatic nitrogens is 2. The van der Waals surface area contributed by atoms with Gasteiger partial charge in [0.15, 0.2) is 0 Å². The van der Waals surface area contributed by atoms with E-state index in [1.54, 1.807) is 17.5 Å². The SMILES string of the molecule is CCc1ccccc1NCc1csc(-c2ccccn2)n1. The highest BCUT2D eigenvalue weighted by Gasteiger charge is 2.06. The number of hydrogen-bond donors (Lipinski definition) is 1. The van der Waals surface area contributed by atoms with Crippen molar-refractivity contribution in [3.63, 3.8) is 0 Å². The summed E-state index contributed by atoms with van der Waals surface area (Å²) in [7, 11) is 0. The van der Waals surface area contributed by atoms with Crippen LogP contribution in [0.1, 0.15) is 18.2 Å². The maximum absolute atomic E-state index is 4.64. The first kappa shape index (κ1) is 13.8. The van der Waals surface area contributed by atoms with E-state index in [-0.39, 0.29) is 0 Å². The number of aryl methyl sites for hydroxylation is 1. The molecule has 2 aromatic heterocycles. The van der Waals surface area contributed by atoms with Gasteiger partial charge in [-0.2, -0.15) is 0 Å². The second-order valence-electron chi connectivity index (χ2n) is 4.72. The highest BCUT2D eigenvalue weighted by molar-refractivity contribution is 7.13. The molecule has 0 atom stereocenters. The predicted molar refractivity (Wildman–Crippen MR) is 88.5 cm³/mol. The topological polar surface area (TPSA) is 37.8 Å². The lowest BCUT2D eigenvalue weighted by Crippen LogP contribution is -2.02. The molecule has 0 amide bonds. The Morgan fingerprint density at radius 1 is 1.10 bits per heavy atom. The minimum Gasteiger partial charge on any atom is -0.379 e. The van der Waals surface area contributed by atoms with Gasteiger partial charge in [-0.3, -0.25) is 4.98 Å². The number of anilines is 1. The molecule has 0 aliphatic carbocycles. The average Bonchev–Trinajstić information content (AvgIpc) is 3.03. The van der Waals surface area contributed by atoms with Crippen molar-refractivity contribution in [1.29, 1.82) is 0 Å². The molecule has 2 heterocycles. The molecule has 0 fully saturated rings. The number of rotatable bonds is 5. The number of nitrogens with one attached hydrogen (secondary N) is 1. The van der Waals surface area contributed by atoms with Crippen LogP contribution in [0.15, 0.2) is 54.0 Å². The zero-order valence-corrected chi connectivity index (χ0v) is 12.7. The van der Waals surface area contributed by atoms with Crippen LogP contribution in [0.3, 0.4) is 0 Å². The molecular formula is C17H17N3S. The van der Waals surface area contributed by atoms with Crippen LogP contribution in [-0.4, -0.2) is 9.97 Å². The van der Waals surface area contributed by atoms with Crippen molar-refractivity contribution in [2.24, 2.45) is 0 Å². The maximum Gasteiger partial charge on any atom is 0.142 e. The number of pyridine rings is 1. The summed E-state index contributed by atoms with van der Waals surface area (Å²) in [5.41, 5.74) is 4.50. The summed E-state index contributed by atoms with van der Waals surface area (Å²) in [6.07, 6.45) is 2.82. The minimum absolute atomic E-state index is 0.736. The zero-order valence-electron chi connectivity index (χ0n) is 11.9. The third-order valence-electron chi connectivity index (χ3n) is 3.29. The van der Waals surface area contributed by atoms with Gasteiger partial charge in [0.1, 0.15) is 5.01 Å². The first-order valence-corrected chi connectivity index (χ1v) is 7.92. The normalized spacial score (nSPS) is 10.5. The number of para-hydroxylation sites is 1. The van der Waals surface area contributed by atoms with Crippen LogP contribution in [0.5, 0.6) is 0 Å². The molecule has 3 rings (SSSR count). The van der Waals surface area contributed by atoms with Gasteiger partial charge >= 0.3 is 0 Å². The van der Waals surface area contributed by atoms with Crippen molar-refractivity contribution in [3.8, 4) is 10.7 Å². The lowest BCUT2D eigenvalue weighted by atomic mass is 10.1. The van der Waals surface area contributed by atoms with Gasteiger partial charge in [0, 0.05) is 17.3 Å². The molecule has 0 saturated heterocycles. The summed E-state index contributed by atoms with van der Waals surface area (Å²) in [4.78, 5) is 8.98. The van der Waals surface area contributed by atoms with Crippen molar-refractivity contribution < 1.29 is 0 Å². The summed E-state index contributed by atoms with van der Waals surface area (Å²) in [5, 5.41) is 6.53. The fourth-order valence-electron chi connectivity index (χ4n) is 2.18. The van der Waals surface area contributed by atoms with Crippen LogP contribution >= 0.6 is 11.3 Å². The molecule has 0 saturated carbocycles. The largest absolute Gasteiger partial charge is 0.379 e. The van der Waals surface area contributed by atoms with Crippen molar-refractivity contribution in [2.75, 3.05) is 5.32 Å². The van der Waals surface area contributed by atoms with Gasteiger partial charge in [-0.05, 0) is 30.2 Å². The van der Waals surface area contributed by atoms with Crippen molar-refractivity contribution in [2.45, 2.75) is 19.9 Å². The average molecular weight is 295 g/mol. The molecule has 21 heavy (non-hydrogen) atoms. The molecule has 3 aromatic rings. The van der Waals surface area contributed by atoms with E-state index < -0.39 is 0 Å². The third kappa shape index (κ3) is 3.28. The summed E-state index contributed by atoms with van der Waals surface area (Å²) in [6.45, 7) is 2.91. The summed E-state index contributed by atoms with van der Waals surface area (Å²) < 4.78 is 0. The predicted octanol–water partition coefficient (Wildman–Crippen LogP) is 4.38. The fourth-order valence-corrected chi connectivity index (χ4v) is 2.98. The number of benzene rings is 1. The van der Waals surface area contributed by atoms with E-state index in [9.17, 15) is 0 Å². The van der Waals surface area contributed by atoms with Gasteiger partial charge in [0.05, 0.1) is 17.9 Å². The highest BCUT2D eigenvalue weighted by Crippen LogP contribution is 2.22. The Balaban J connectivity index is 1.71. The van der Waals surface area contributed by atoms with Crippen LogP contribution in [0.4, 0.5) is 5.69 Å². The second kappa shape index (κ2) is 6.50. The zero-order chi connectivity index (χ0) is 14.5. The van der Waals surface area contributed by atoms with Crippen LogP contribution in [0.25, 0.3) is 10.7 Å². The Morgan fingerprint density at radius 2 is 1.95 bits per heavy atom. The first-order chi connectivity index (χ1) is 10.4. The molecule has 1 aromatic carbocycles. The van der Waals surface area contributed by atoms with E-state index in [0.29, 0.717) is 0 Å². The Labute approximate surface area is 128 Å². The molecule has 0 unspecified atom stereocenters. The first-order valence-electron chi connectivity index (χ1n) is 7.04. The molecule has 0 bridgehead atoms. The molecule has 0 aliphatic rings. The molecule has 0 aliphatic heterocycles. The molecule has 0 radical (unpaired) electrons. The monoisotopic (exact) mass is 295 g/mol. The fraction of sp³-hybridized carbons (Fsp3) is 0.176. The Morgan fingerprint density at radius 3 is 2.76 bits per heavy atom. The van der Waals surface area contributed by atoms with Crippen molar-refractivity contribution in [3.05, 3.63) is 65.3 Å². The van der Waals surface area contributed by atoms with Crippen molar-refractivity contribution in [1.82, 2.24) is 9.97 Å². The molecule has 3 nitrogen and oxygen atoms in total. The summed E-state index contributed by atoms with van der Waals surface area (Å²) in [6, 6.07) is 14.3. The van der Waals surface area contributed by atoms with E-state index in [2.05, 4.69) is 51.9 Å². The van der Waals surface area contributed by atoms with E-state index >= 15 is 0 Å². The molecule has 0 spiro atoms.